The predicted octanol–water partition coefficient (Wildman–Crippen LogP) is 3.43. The molecule has 0 fully saturated rings. The highest BCUT2D eigenvalue weighted by atomic mass is 16.5. The first-order chi connectivity index (χ1) is 14.6. The van der Waals surface area contributed by atoms with E-state index in [1.165, 1.54) is 6.21 Å². The number of hydrogen-bond donors (Lipinski definition) is 4. The van der Waals surface area contributed by atoms with E-state index in [0.29, 0.717) is 22.8 Å². The molecule has 0 saturated heterocycles. The Bertz CT molecular complexity index is 1010. The summed E-state index contributed by atoms with van der Waals surface area (Å²) in [4.78, 5) is 25.2. The molecule has 30 heavy (non-hydrogen) atoms. The van der Waals surface area contributed by atoms with Crippen LogP contribution in [0.25, 0.3) is 0 Å². The van der Waals surface area contributed by atoms with Gasteiger partial charge in [-0.05, 0) is 37.3 Å². The number of rotatable bonds is 8. The molecule has 0 radical (unpaired) electrons. The van der Waals surface area contributed by atoms with Crippen molar-refractivity contribution in [3.63, 3.8) is 0 Å². The third kappa shape index (κ3) is 5.58. The number of nitrogens with zero attached hydrogens (tertiary/aromatic N) is 3. The van der Waals surface area contributed by atoms with E-state index in [1.54, 1.807) is 37.8 Å². The summed E-state index contributed by atoms with van der Waals surface area (Å²) in [5.41, 5.74) is 3.62. The average Bonchev–Trinajstić information content (AvgIpc) is 2.75. The van der Waals surface area contributed by atoms with Crippen LogP contribution in [0.1, 0.15) is 23.0 Å². The van der Waals surface area contributed by atoms with Gasteiger partial charge in [0.15, 0.2) is 0 Å². The maximum atomic E-state index is 12.5. The lowest BCUT2D eigenvalue weighted by Crippen LogP contribution is -2.35. The van der Waals surface area contributed by atoms with Crippen molar-refractivity contribution in [3.8, 4) is 0 Å². The Morgan fingerprint density at radius 3 is 2.77 bits per heavy atom. The van der Waals surface area contributed by atoms with E-state index in [-0.39, 0.29) is 6.61 Å². The number of hydrogen-bond acceptors (Lipinski definition) is 7. The summed E-state index contributed by atoms with van der Waals surface area (Å²) >= 11 is 0. The van der Waals surface area contributed by atoms with E-state index in [0.717, 1.165) is 11.4 Å². The summed E-state index contributed by atoms with van der Waals surface area (Å²) in [6, 6.07) is 9.95. The standard InChI is InChI=1S/C21H23N7O2/c1-14-9-16(6-8-23-14)26-18-12-25-20(10-15(18)11-22)28-21(29)27-19(13-30-2)17-5-3-4-7-24-17/h3-12,19,22H,13H2,1-2H3,(H,23,26)(H2,25,27,28,29). The van der Waals surface area contributed by atoms with Gasteiger partial charge in [-0.1, -0.05) is 6.07 Å². The average molecular weight is 405 g/mol. The number of aromatic nitrogens is 3. The van der Waals surface area contributed by atoms with Gasteiger partial charge >= 0.3 is 6.03 Å². The van der Waals surface area contributed by atoms with Crippen molar-refractivity contribution in [2.75, 3.05) is 24.4 Å². The Kier molecular flexibility index (Phi) is 7.01. The van der Waals surface area contributed by atoms with Crippen LogP contribution in [0.15, 0.2) is 55.0 Å². The number of urea groups is 1. The van der Waals surface area contributed by atoms with Crippen molar-refractivity contribution in [3.05, 3.63) is 71.9 Å². The highest BCUT2D eigenvalue weighted by Crippen LogP contribution is 2.21. The summed E-state index contributed by atoms with van der Waals surface area (Å²) in [6.07, 6.45) is 6.12. The molecule has 0 aliphatic rings. The fraction of sp³-hybridized carbons (Fsp3) is 0.190. The Hall–Kier alpha value is -3.85. The lowest BCUT2D eigenvalue weighted by atomic mass is 10.2. The normalized spacial score (nSPS) is 11.4. The molecule has 3 heterocycles. The fourth-order valence-electron chi connectivity index (χ4n) is 2.80. The van der Waals surface area contributed by atoms with E-state index in [1.807, 2.05) is 31.2 Å². The summed E-state index contributed by atoms with van der Waals surface area (Å²) < 4.78 is 5.19. The van der Waals surface area contributed by atoms with Gasteiger partial charge in [0.25, 0.3) is 0 Å². The number of methoxy groups -OCH3 is 1. The molecule has 3 rings (SSSR count). The van der Waals surface area contributed by atoms with Crippen LogP contribution < -0.4 is 16.0 Å². The number of carbonyl (C=O) groups is 1. The summed E-state index contributed by atoms with van der Waals surface area (Å²) in [5.74, 6) is 0.319. The van der Waals surface area contributed by atoms with Crippen molar-refractivity contribution in [2.45, 2.75) is 13.0 Å². The molecule has 0 bridgehead atoms. The number of carbonyl (C=O) groups excluding carboxylic acids is 1. The third-order valence-corrected chi connectivity index (χ3v) is 4.19. The van der Waals surface area contributed by atoms with Crippen molar-refractivity contribution in [1.29, 1.82) is 5.41 Å². The highest BCUT2D eigenvalue weighted by Gasteiger charge is 2.16. The van der Waals surface area contributed by atoms with Gasteiger partial charge < -0.3 is 20.8 Å². The second kappa shape index (κ2) is 10.1. The second-order valence-electron chi connectivity index (χ2n) is 6.47. The molecule has 9 heteroatoms. The number of anilines is 3. The molecule has 3 aromatic heterocycles. The highest BCUT2D eigenvalue weighted by molar-refractivity contribution is 5.92. The van der Waals surface area contributed by atoms with Gasteiger partial charge in [0.2, 0.25) is 0 Å². The van der Waals surface area contributed by atoms with E-state index in [4.69, 9.17) is 10.1 Å². The second-order valence-corrected chi connectivity index (χ2v) is 6.47. The molecule has 1 atom stereocenters. The van der Waals surface area contributed by atoms with Crippen LogP contribution >= 0.6 is 0 Å². The van der Waals surface area contributed by atoms with Crippen molar-refractivity contribution >= 4 is 29.4 Å². The molecule has 1 unspecified atom stereocenters. The number of ether oxygens (including phenoxy) is 1. The first-order valence-electron chi connectivity index (χ1n) is 9.26. The van der Waals surface area contributed by atoms with Gasteiger partial charge in [0.1, 0.15) is 5.82 Å². The smallest absolute Gasteiger partial charge is 0.321 e. The molecule has 9 nitrogen and oxygen atoms in total. The maximum absolute atomic E-state index is 12.5. The minimum atomic E-state index is -0.448. The van der Waals surface area contributed by atoms with Crippen LogP contribution in [0.4, 0.5) is 22.0 Å². The van der Waals surface area contributed by atoms with E-state index in [2.05, 4.69) is 30.9 Å². The van der Waals surface area contributed by atoms with Gasteiger partial charge in [-0.2, -0.15) is 0 Å². The lowest BCUT2D eigenvalue weighted by molar-refractivity contribution is 0.166. The molecule has 154 valence electrons. The molecule has 2 amide bonds. The van der Waals surface area contributed by atoms with E-state index >= 15 is 0 Å². The van der Waals surface area contributed by atoms with Crippen LogP contribution in [0.5, 0.6) is 0 Å². The van der Waals surface area contributed by atoms with Crippen LogP contribution in [-0.2, 0) is 4.74 Å². The van der Waals surface area contributed by atoms with Gasteiger partial charge in [0, 0.05) is 42.7 Å². The Morgan fingerprint density at radius 2 is 2.07 bits per heavy atom. The zero-order valence-corrected chi connectivity index (χ0v) is 16.7. The minimum Gasteiger partial charge on any atom is -0.382 e. The molecule has 0 saturated carbocycles. The molecule has 0 spiro atoms. The monoisotopic (exact) mass is 405 g/mol. The molecule has 0 aliphatic heterocycles. The lowest BCUT2D eigenvalue weighted by Gasteiger charge is -2.18. The largest absolute Gasteiger partial charge is 0.382 e. The number of pyridine rings is 3. The maximum Gasteiger partial charge on any atom is 0.321 e. The summed E-state index contributed by atoms with van der Waals surface area (Å²) in [6.45, 7) is 2.17. The summed E-state index contributed by atoms with van der Waals surface area (Å²) in [5, 5.41) is 16.4. The van der Waals surface area contributed by atoms with Gasteiger partial charge in [-0.15, -0.1) is 0 Å². The van der Waals surface area contributed by atoms with Crippen molar-refractivity contribution < 1.29 is 9.53 Å². The first kappa shape index (κ1) is 20.9. The Labute approximate surface area is 174 Å². The minimum absolute atomic E-state index is 0.276. The Morgan fingerprint density at radius 1 is 1.20 bits per heavy atom. The van der Waals surface area contributed by atoms with E-state index in [9.17, 15) is 4.79 Å². The molecule has 3 aromatic rings. The third-order valence-electron chi connectivity index (χ3n) is 4.19. The molecule has 0 aromatic carbocycles. The number of nitrogens with one attached hydrogen (secondary N) is 4. The quantitative estimate of drug-likeness (QED) is 0.426. The SMILES string of the molecule is COCC(NC(=O)Nc1cc(C=N)c(Nc2ccnc(C)c2)cn1)c1ccccn1. The van der Waals surface area contributed by atoms with Gasteiger partial charge in [0.05, 0.1) is 30.2 Å². The topological polar surface area (TPSA) is 125 Å². The summed E-state index contributed by atoms with van der Waals surface area (Å²) in [7, 11) is 1.56. The predicted molar refractivity (Wildman–Crippen MR) is 115 cm³/mol. The molecular formula is C21H23N7O2. The van der Waals surface area contributed by atoms with Gasteiger partial charge in [-0.3, -0.25) is 15.3 Å². The zero-order valence-electron chi connectivity index (χ0n) is 16.7. The first-order valence-corrected chi connectivity index (χ1v) is 9.26. The number of aryl methyl sites for hydroxylation is 1. The van der Waals surface area contributed by atoms with Crippen LogP contribution in [0.3, 0.4) is 0 Å². The van der Waals surface area contributed by atoms with E-state index < -0.39 is 12.1 Å². The number of amides is 2. The van der Waals surface area contributed by atoms with Crippen LogP contribution in [-0.4, -0.2) is 40.9 Å². The molecule has 0 aliphatic carbocycles. The van der Waals surface area contributed by atoms with Crippen LogP contribution in [0.2, 0.25) is 0 Å². The van der Waals surface area contributed by atoms with Crippen LogP contribution in [0, 0.1) is 12.3 Å². The van der Waals surface area contributed by atoms with Crippen molar-refractivity contribution in [2.24, 2.45) is 0 Å². The molecular weight excluding hydrogens is 382 g/mol. The Balaban J connectivity index is 1.70. The fourth-order valence-corrected chi connectivity index (χ4v) is 2.80. The van der Waals surface area contributed by atoms with Crippen molar-refractivity contribution in [1.82, 2.24) is 20.3 Å². The zero-order chi connectivity index (χ0) is 21.3. The van der Waals surface area contributed by atoms with Gasteiger partial charge in [-0.25, -0.2) is 9.78 Å². The molecule has 4 N–H and O–H groups in total.